The number of nitrogens with one attached hydrogen (secondary N) is 1. The van der Waals surface area contributed by atoms with Crippen LogP contribution >= 0.6 is 0 Å². The van der Waals surface area contributed by atoms with E-state index in [0.29, 0.717) is 24.4 Å². The van der Waals surface area contributed by atoms with Crippen LogP contribution in [0.1, 0.15) is 46.1 Å². The third kappa shape index (κ3) is 3.43. The molecule has 1 aromatic rings. The van der Waals surface area contributed by atoms with Crippen molar-refractivity contribution in [3.05, 3.63) is 12.4 Å². The topological polar surface area (TPSA) is 84.2 Å². The van der Waals surface area contributed by atoms with Crippen LogP contribution in [0.2, 0.25) is 0 Å². The number of hydrogen-bond acceptors (Lipinski definition) is 3. The number of carboxylic acids is 1. The fourth-order valence-corrected chi connectivity index (χ4v) is 2.96. The number of rotatable bonds is 5. The summed E-state index contributed by atoms with van der Waals surface area (Å²) in [5.41, 5.74) is 0.623. The Labute approximate surface area is 124 Å². The van der Waals surface area contributed by atoms with Gasteiger partial charge in [0.15, 0.2) is 0 Å². The van der Waals surface area contributed by atoms with Crippen LogP contribution in [-0.2, 0) is 9.59 Å². The Bertz CT molecular complexity index is 524. The van der Waals surface area contributed by atoms with E-state index in [1.807, 2.05) is 20.8 Å². The number of carbonyl (C=O) groups is 2. The van der Waals surface area contributed by atoms with Crippen molar-refractivity contribution < 1.29 is 14.7 Å². The lowest BCUT2D eigenvalue weighted by molar-refractivity contribution is -0.145. The maximum absolute atomic E-state index is 12.4. The third-order valence-corrected chi connectivity index (χ3v) is 4.29. The molecule has 2 N–H and O–H groups in total. The number of carbonyl (C=O) groups excluding carboxylic acids is 1. The van der Waals surface area contributed by atoms with Crippen molar-refractivity contribution in [3.8, 4) is 0 Å². The fourth-order valence-electron chi connectivity index (χ4n) is 2.96. The zero-order valence-electron chi connectivity index (χ0n) is 12.7. The molecule has 0 bridgehead atoms. The van der Waals surface area contributed by atoms with Crippen molar-refractivity contribution in [3.63, 3.8) is 0 Å². The van der Waals surface area contributed by atoms with Gasteiger partial charge in [0, 0.05) is 12.2 Å². The summed E-state index contributed by atoms with van der Waals surface area (Å²) in [7, 11) is 0. The smallest absolute Gasteiger partial charge is 0.307 e. The molecule has 1 amide bonds. The van der Waals surface area contributed by atoms with E-state index in [-0.39, 0.29) is 11.9 Å². The largest absolute Gasteiger partial charge is 0.481 e. The minimum Gasteiger partial charge on any atom is -0.481 e. The van der Waals surface area contributed by atoms with Crippen molar-refractivity contribution in [2.45, 2.75) is 46.1 Å². The van der Waals surface area contributed by atoms with Crippen molar-refractivity contribution in [1.82, 2.24) is 9.78 Å². The first kappa shape index (κ1) is 15.5. The number of hydrogen-bond donors (Lipinski definition) is 2. The van der Waals surface area contributed by atoms with E-state index >= 15 is 0 Å². The third-order valence-electron chi connectivity index (χ3n) is 4.29. The Morgan fingerprint density at radius 2 is 2.10 bits per heavy atom. The second kappa shape index (κ2) is 6.28. The van der Waals surface area contributed by atoms with E-state index in [1.165, 1.54) is 0 Å². The van der Waals surface area contributed by atoms with Crippen LogP contribution in [0.25, 0.3) is 0 Å². The number of anilines is 1. The highest BCUT2D eigenvalue weighted by atomic mass is 16.4. The van der Waals surface area contributed by atoms with Crippen molar-refractivity contribution in [2.24, 2.45) is 17.8 Å². The Morgan fingerprint density at radius 3 is 2.62 bits per heavy atom. The van der Waals surface area contributed by atoms with Crippen LogP contribution in [0, 0.1) is 17.8 Å². The number of carboxylic acid groups (broad SMARTS) is 1. The van der Waals surface area contributed by atoms with Gasteiger partial charge in [0.05, 0.1) is 23.7 Å². The second-order valence-corrected chi connectivity index (χ2v) is 6.09. The SMILES string of the molecule is CCC1CC(C(=O)O)C(C(=O)Nc2cnn(C(C)C)c2)C1. The van der Waals surface area contributed by atoms with Crippen LogP contribution in [0.5, 0.6) is 0 Å². The van der Waals surface area contributed by atoms with E-state index in [4.69, 9.17) is 0 Å². The summed E-state index contributed by atoms with van der Waals surface area (Å²) < 4.78 is 1.76. The van der Waals surface area contributed by atoms with Crippen LogP contribution in [0.4, 0.5) is 5.69 Å². The van der Waals surface area contributed by atoms with Crippen molar-refractivity contribution >= 4 is 17.6 Å². The number of aromatic nitrogens is 2. The summed E-state index contributed by atoms with van der Waals surface area (Å²) in [6.45, 7) is 6.04. The quantitative estimate of drug-likeness (QED) is 0.873. The molecule has 21 heavy (non-hydrogen) atoms. The average Bonchev–Trinajstić information content (AvgIpc) is 3.04. The molecule has 1 saturated carbocycles. The molecule has 1 aliphatic rings. The molecule has 0 aliphatic heterocycles. The maximum Gasteiger partial charge on any atom is 0.307 e. The lowest BCUT2D eigenvalue weighted by Gasteiger charge is -2.14. The molecule has 3 unspecified atom stereocenters. The number of aliphatic carboxylic acids is 1. The predicted molar refractivity (Wildman–Crippen MR) is 78.9 cm³/mol. The first-order chi connectivity index (χ1) is 9.92. The molecule has 1 heterocycles. The number of nitrogens with zero attached hydrogens (tertiary/aromatic N) is 2. The zero-order valence-corrected chi connectivity index (χ0v) is 12.7. The minimum absolute atomic E-state index is 0.207. The van der Waals surface area contributed by atoms with Gasteiger partial charge in [-0.25, -0.2) is 0 Å². The Hall–Kier alpha value is -1.85. The normalized spacial score (nSPS) is 25.2. The lowest BCUT2D eigenvalue weighted by atomic mass is 9.95. The molecule has 116 valence electrons. The predicted octanol–water partition coefficient (Wildman–Crippen LogP) is 2.54. The summed E-state index contributed by atoms with van der Waals surface area (Å²) in [6, 6.07) is 0.221. The Morgan fingerprint density at radius 1 is 1.43 bits per heavy atom. The molecule has 0 spiro atoms. The molecule has 1 fully saturated rings. The summed E-state index contributed by atoms with van der Waals surface area (Å²) in [5, 5.41) is 16.3. The van der Waals surface area contributed by atoms with Crippen LogP contribution in [0.15, 0.2) is 12.4 Å². The molecule has 0 aromatic carbocycles. The van der Waals surface area contributed by atoms with Crippen LogP contribution < -0.4 is 5.32 Å². The molecule has 0 saturated heterocycles. The number of amides is 1. The van der Waals surface area contributed by atoms with Gasteiger partial charge in [-0.3, -0.25) is 14.3 Å². The van der Waals surface area contributed by atoms with E-state index < -0.39 is 17.8 Å². The molecule has 3 atom stereocenters. The first-order valence-corrected chi connectivity index (χ1v) is 7.50. The lowest BCUT2D eigenvalue weighted by Crippen LogP contribution is -2.29. The highest BCUT2D eigenvalue weighted by Gasteiger charge is 2.42. The van der Waals surface area contributed by atoms with Crippen LogP contribution in [-0.4, -0.2) is 26.8 Å². The van der Waals surface area contributed by atoms with Gasteiger partial charge in [-0.15, -0.1) is 0 Å². The highest BCUT2D eigenvalue weighted by molar-refractivity contribution is 5.95. The summed E-state index contributed by atoms with van der Waals surface area (Å²) in [5.74, 6) is -1.78. The zero-order chi connectivity index (χ0) is 15.6. The van der Waals surface area contributed by atoms with Gasteiger partial charge in [-0.1, -0.05) is 13.3 Å². The Kier molecular flexibility index (Phi) is 4.65. The Balaban J connectivity index is 2.05. The van der Waals surface area contributed by atoms with E-state index in [0.717, 1.165) is 6.42 Å². The second-order valence-electron chi connectivity index (χ2n) is 6.09. The average molecular weight is 293 g/mol. The molecule has 1 aliphatic carbocycles. The summed E-state index contributed by atoms with van der Waals surface area (Å²) >= 11 is 0. The summed E-state index contributed by atoms with van der Waals surface area (Å²) in [6.07, 6.45) is 5.52. The van der Waals surface area contributed by atoms with Crippen molar-refractivity contribution in [2.75, 3.05) is 5.32 Å². The fraction of sp³-hybridized carbons (Fsp3) is 0.667. The maximum atomic E-state index is 12.4. The minimum atomic E-state index is -0.871. The van der Waals surface area contributed by atoms with Gasteiger partial charge >= 0.3 is 5.97 Å². The van der Waals surface area contributed by atoms with Gasteiger partial charge in [-0.2, -0.15) is 5.10 Å². The van der Waals surface area contributed by atoms with Crippen molar-refractivity contribution in [1.29, 1.82) is 0 Å². The van der Waals surface area contributed by atoms with E-state index in [9.17, 15) is 14.7 Å². The van der Waals surface area contributed by atoms with Gasteiger partial charge in [0.2, 0.25) is 5.91 Å². The first-order valence-electron chi connectivity index (χ1n) is 7.50. The molecule has 6 nitrogen and oxygen atoms in total. The molecular formula is C15H23N3O3. The molecule has 1 aromatic heterocycles. The van der Waals surface area contributed by atoms with Gasteiger partial charge in [-0.05, 0) is 32.6 Å². The van der Waals surface area contributed by atoms with Gasteiger partial charge < -0.3 is 10.4 Å². The molecular weight excluding hydrogens is 270 g/mol. The standard InChI is InChI=1S/C15H23N3O3/c1-4-10-5-12(13(6-10)15(20)21)14(19)17-11-7-16-18(8-11)9(2)3/h7-10,12-13H,4-6H2,1-3H3,(H,17,19)(H,20,21). The highest BCUT2D eigenvalue weighted by Crippen LogP contribution is 2.39. The van der Waals surface area contributed by atoms with E-state index in [2.05, 4.69) is 10.4 Å². The molecule has 6 heteroatoms. The molecule has 0 radical (unpaired) electrons. The van der Waals surface area contributed by atoms with Crippen LogP contribution in [0.3, 0.4) is 0 Å². The molecule has 2 rings (SSSR count). The summed E-state index contributed by atoms with van der Waals surface area (Å²) in [4.78, 5) is 23.7. The monoisotopic (exact) mass is 293 g/mol. The van der Waals surface area contributed by atoms with Gasteiger partial charge in [0.1, 0.15) is 0 Å². The van der Waals surface area contributed by atoms with Gasteiger partial charge in [0.25, 0.3) is 0 Å². The van der Waals surface area contributed by atoms with E-state index in [1.54, 1.807) is 17.1 Å².